The summed E-state index contributed by atoms with van der Waals surface area (Å²) in [7, 11) is 0. The topological polar surface area (TPSA) is 101 Å². The summed E-state index contributed by atoms with van der Waals surface area (Å²) in [4.78, 5) is 36.7. The average Bonchev–Trinajstić information content (AvgIpc) is 2.74. The average molecular weight is 437 g/mol. The fraction of sp³-hybridized carbons (Fsp3) is 0.0870. The van der Waals surface area contributed by atoms with E-state index in [9.17, 15) is 18.8 Å². The van der Waals surface area contributed by atoms with Crippen molar-refractivity contribution in [1.29, 1.82) is 0 Å². The molecule has 8 heteroatoms. The number of rotatable bonds is 7. The summed E-state index contributed by atoms with van der Waals surface area (Å²) in [6, 6.07) is 19.0. The van der Waals surface area contributed by atoms with Crippen molar-refractivity contribution < 1.29 is 18.8 Å². The molecule has 0 heterocycles. The second kappa shape index (κ2) is 9.90. The summed E-state index contributed by atoms with van der Waals surface area (Å²) < 4.78 is 13.8. The Bertz CT molecular complexity index is 1120. The molecule has 0 spiro atoms. The first-order valence-electron chi connectivity index (χ1n) is 9.37. The highest BCUT2D eigenvalue weighted by molar-refractivity contribution is 8.00. The van der Waals surface area contributed by atoms with Crippen molar-refractivity contribution in [1.82, 2.24) is 0 Å². The highest BCUT2D eigenvalue weighted by atomic mass is 32.2. The zero-order chi connectivity index (χ0) is 22.4. The van der Waals surface area contributed by atoms with Gasteiger partial charge in [-0.3, -0.25) is 14.4 Å². The van der Waals surface area contributed by atoms with Crippen LogP contribution >= 0.6 is 11.8 Å². The standard InChI is InChI=1S/C23H20FN3O3S/c1-14(22(29)26-16-11-9-15(10-12-16)21(25)28)31-18-6-4-5-17(13-18)27-23(30)19-7-2-3-8-20(19)24/h2-14H,1H3,(H2,25,28)(H,26,29)(H,27,30). The molecule has 0 bridgehead atoms. The lowest BCUT2D eigenvalue weighted by Gasteiger charge is -2.13. The van der Waals surface area contributed by atoms with Gasteiger partial charge in [0, 0.05) is 21.8 Å². The molecule has 1 atom stereocenters. The smallest absolute Gasteiger partial charge is 0.258 e. The summed E-state index contributed by atoms with van der Waals surface area (Å²) >= 11 is 1.31. The number of nitrogens with one attached hydrogen (secondary N) is 2. The van der Waals surface area contributed by atoms with Gasteiger partial charge in [0.1, 0.15) is 5.82 Å². The highest BCUT2D eigenvalue weighted by Crippen LogP contribution is 2.27. The number of primary amides is 1. The maximum absolute atomic E-state index is 13.8. The molecular formula is C23H20FN3O3S. The van der Waals surface area contributed by atoms with Crippen molar-refractivity contribution in [3.05, 3.63) is 89.7 Å². The Hall–Kier alpha value is -3.65. The summed E-state index contributed by atoms with van der Waals surface area (Å²) in [5, 5.41) is 5.01. The maximum atomic E-state index is 13.8. The van der Waals surface area contributed by atoms with E-state index < -0.39 is 22.9 Å². The SMILES string of the molecule is CC(Sc1cccc(NC(=O)c2ccccc2F)c1)C(=O)Nc1ccc(C(N)=O)cc1. The maximum Gasteiger partial charge on any atom is 0.258 e. The molecule has 3 rings (SSSR count). The molecule has 4 N–H and O–H groups in total. The van der Waals surface area contributed by atoms with Crippen LogP contribution < -0.4 is 16.4 Å². The fourth-order valence-corrected chi connectivity index (χ4v) is 3.64. The Kier molecular flexibility index (Phi) is 7.04. The van der Waals surface area contributed by atoms with Crippen LogP contribution in [0, 0.1) is 5.82 Å². The van der Waals surface area contributed by atoms with Crippen molar-refractivity contribution >= 4 is 40.9 Å². The zero-order valence-electron chi connectivity index (χ0n) is 16.6. The van der Waals surface area contributed by atoms with E-state index in [0.717, 1.165) is 4.90 Å². The lowest BCUT2D eigenvalue weighted by Crippen LogP contribution is -2.22. The molecule has 31 heavy (non-hydrogen) atoms. The quantitative estimate of drug-likeness (QED) is 0.480. The van der Waals surface area contributed by atoms with E-state index in [1.807, 2.05) is 6.07 Å². The number of anilines is 2. The molecule has 3 aromatic rings. The van der Waals surface area contributed by atoms with Gasteiger partial charge in [-0.2, -0.15) is 0 Å². The first-order valence-corrected chi connectivity index (χ1v) is 10.2. The van der Waals surface area contributed by atoms with E-state index in [0.29, 0.717) is 16.9 Å². The van der Waals surface area contributed by atoms with E-state index in [1.165, 1.54) is 42.1 Å². The van der Waals surface area contributed by atoms with Crippen molar-refractivity contribution in [2.24, 2.45) is 5.73 Å². The molecule has 0 fully saturated rings. The predicted octanol–water partition coefficient (Wildman–Crippen LogP) is 4.30. The van der Waals surface area contributed by atoms with Crippen molar-refractivity contribution in [3.63, 3.8) is 0 Å². The third-order valence-corrected chi connectivity index (χ3v) is 5.42. The van der Waals surface area contributed by atoms with Crippen molar-refractivity contribution in [2.45, 2.75) is 17.1 Å². The second-order valence-electron chi connectivity index (χ2n) is 6.65. The molecule has 1 unspecified atom stereocenters. The van der Waals surface area contributed by atoms with Gasteiger partial charge in [0.05, 0.1) is 10.8 Å². The van der Waals surface area contributed by atoms with E-state index >= 15 is 0 Å². The molecule has 0 saturated carbocycles. The number of nitrogens with two attached hydrogens (primary N) is 1. The van der Waals surface area contributed by atoms with Crippen LogP contribution in [0.2, 0.25) is 0 Å². The van der Waals surface area contributed by atoms with Crippen molar-refractivity contribution in [2.75, 3.05) is 10.6 Å². The molecule has 0 radical (unpaired) electrons. The number of hydrogen-bond donors (Lipinski definition) is 3. The summed E-state index contributed by atoms with van der Waals surface area (Å²) in [5.41, 5.74) is 6.56. The van der Waals surface area contributed by atoms with Crippen LogP contribution in [0.1, 0.15) is 27.6 Å². The molecule has 6 nitrogen and oxygen atoms in total. The van der Waals surface area contributed by atoms with E-state index in [4.69, 9.17) is 5.73 Å². The summed E-state index contributed by atoms with van der Waals surface area (Å²) in [6.07, 6.45) is 0. The van der Waals surface area contributed by atoms with Crippen LogP contribution in [0.3, 0.4) is 0 Å². The largest absolute Gasteiger partial charge is 0.366 e. The number of hydrogen-bond acceptors (Lipinski definition) is 4. The van der Waals surface area contributed by atoms with Crippen LogP contribution in [-0.2, 0) is 4.79 Å². The second-order valence-corrected chi connectivity index (χ2v) is 8.07. The van der Waals surface area contributed by atoms with E-state index in [2.05, 4.69) is 10.6 Å². The first kappa shape index (κ1) is 22.0. The van der Waals surface area contributed by atoms with Gasteiger partial charge in [-0.1, -0.05) is 18.2 Å². The zero-order valence-corrected chi connectivity index (χ0v) is 17.4. The van der Waals surface area contributed by atoms with Gasteiger partial charge in [0.2, 0.25) is 11.8 Å². The molecule has 0 aliphatic heterocycles. The van der Waals surface area contributed by atoms with Gasteiger partial charge in [-0.25, -0.2) is 4.39 Å². The van der Waals surface area contributed by atoms with Crippen LogP contribution in [0.15, 0.2) is 77.7 Å². The van der Waals surface area contributed by atoms with E-state index in [-0.39, 0.29) is 11.5 Å². The highest BCUT2D eigenvalue weighted by Gasteiger charge is 2.16. The van der Waals surface area contributed by atoms with Crippen LogP contribution in [-0.4, -0.2) is 23.0 Å². The number of amides is 3. The van der Waals surface area contributed by atoms with Gasteiger partial charge in [0.25, 0.3) is 5.91 Å². The Labute approximate surface area is 183 Å². The van der Waals surface area contributed by atoms with E-state index in [1.54, 1.807) is 43.3 Å². The van der Waals surface area contributed by atoms with Crippen LogP contribution in [0.5, 0.6) is 0 Å². The lowest BCUT2D eigenvalue weighted by molar-refractivity contribution is -0.115. The fourth-order valence-electron chi connectivity index (χ4n) is 2.71. The van der Waals surface area contributed by atoms with Gasteiger partial charge < -0.3 is 16.4 Å². The summed E-state index contributed by atoms with van der Waals surface area (Å²) in [5.74, 6) is -1.91. The predicted molar refractivity (Wildman–Crippen MR) is 120 cm³/mol. The minimum atomic E-state index is -0.598. The Morgan fingerprint density at radius 2 is 1.61 bits per heavy atom. The number of carbonyl (C=O) groups excluding carboxylic acids is 3. The molecule has 3 aromatic carbocycles. The van der Waals surface area contributed by atoms with Gasteiger partial charge >= 0.3 is 0 Å². The molecule has 0 aromatic heterocycles. The number of carbonyl (C=O) groups is 3. The monoisotopic (exact) mass is 437 g/mol. The Morgan fingerprint density at radius 1 is 0.903 bits per heavy atom. The van der Waals surface area contributed by atoms with Gasteiger partial charge in [-0.15, -0.1) is 11.8 Å². The van der Waals surface area contributed by atoms with Gasteiger partial charge in [0.15, 0.2) is 0 Å². The van der Waals surface area contributed by atoms with Gasteiger partial charge in [-0.05, 0) is 61.5 Å². The number of thioether (sulfide) groups is 1. The molecule has 0 saturated heterocycles. The first-order chi connectivity index (χ1) is 14.8. The lowest BCUT2D eigenvalue weighted by atomic mass is 10.2. The minimum absolute atomic E-state index is 0.0457. The summed E-state index contributed by atoms with van der Waals surface area (Å²) in [6.45, 7) is 1.75. The van der Waals surface area contributed by atoms with Crippen LogP contribution in [0.4, 0.5) is 15.8 Å². The molecule has 0 aliphatic rings. The Balaban J connectivity index is 1.61. The van der Waals surface area contributed by atoms with Crippen LogP contribution in [0.25, 0.3) is 0 Å². The third kappa shape index (κ3) is 5.93. The minimum Gasteiger partial charge on any atom is -0.366 e. The number of benzene rings is 3. The molecule has 158 valence electrons. The normalized spacial score (nSPS) is 11.4. The Morgan fingerprint density at radius 3 is 2.29 bits per heavy atom. The molecule has 3 amide bonds. The number of halogens is 1. The third-order valence-electron chi connectivity index (χ3n) is 4.33. The van der Waals surface area contributed by atoms with Crippen molar-refractivity contribution in [3.8, 4) is 0 Å². The molecule has 0 aliphatic carbocycles. The molecular weight excluding hydrogens is 417 g/mol.